The van der Waals surface area contributed by atoms with Gasteiger partial charge in [0.1, 0.15) is 5.75 Å². The molecule has 1 fully saturated rings. The molecule has 6 nitrogen and oxygen atoms in total. The van der Waals surface area contributed by atoms with E-state index in [2.05, 4.69) is 34.5 Å². The first-order chi connectivity index (χ1) is 11.7. The molecule has 0 amide bonds. The second-order valence-electron chi connectivity index (χ2n) is 5.99. The largest absolute Gasteiger partial charge is 0.494 e. The molecule has 0 aliphatic carbocycles. The number of hydrogen-bond acceptors (Lipinski definition) is 5. The number of hydrogen-bond donors (Lipinski definition) is 1. The molecule has 0 saturated carbocycles. The van der Waals surface area contributed by atoms with Crippen LogP contribution in [0.15, 0.2) is 48.5 Å². The Hall–Kier alpha value is -2.60. The van der Waals surface area contributed by atoms with Crippen molar-refractivity contribution in [2.24, 2.45) is 0 Å². The first-order valence-corrected chi connectivity index (χ1v) is 8.01. The Kier molecular flexibility index (Phi) is 4.96. The predicted octanol–water partition coefficient (Wildman–Crippen LogP) is 3.29. The number of ether oxygens (including phenoxy) is 1. The zero-order chi connectivity index (χ0) is 16.9. The summed E-state index contributed by atoms with van der Waals surface area (Å²) in [5.74, 6) is 0.505. The van der Waals surface area contributed by atoms with Gasteiger partial charge >= 0.3 is 0 Å². The summed E-state index contributed by atoms with van der Waals surface area (Å²) in [5.41, 5.74) is 2.15. The highest BCUT2D eigenvalue weighted by molar-refractivity contribution is 5.61. The summed E-state index contributed by atoms with van der Waals surface area (Å²) in [6, 6.07) is 15.4. The smallest absolute Gasteiger partial charge is 0.273 e. The maximum atomic E-state index is 10.9. The lowest BCUT2D eigenvalue weighted by atomic mass is 10.2. The highest BCUT2D eigenvalue weighted by atomic mass is 16.6. The Balaban J connectivity index is 1.62. The fourth-order valence-electron chi connectivity index (χ4n) is 3.07. The minimum absolute atomic E-state index is 0.0366. The fourth-order valence-corrected chi connectivity index (χ4v) is 3.07. The maximum Gasteiger partial charge on any atom is 0.273 e. The van der Waals surface area contributed by atoms with Gasteiger partial charge in [0, 0.05) is 31.7 Å². The first-order valence-electron chi connectivity index (χ1n) is 8.01. The molecule has 6 heteroatoms. The van der Waals surface area contributed by atoms with Gasteiger partial charge in [-0.15, -0.1) is 0 Å². The van der Waals surface area contributed by atoms with E-state index in [1.165, 1.54) is 24.8 Å². The van der Waals surface area contributed by atoms with Gasteiger partial charge in [-0.2, -0.15) is 0 Å². The first kappa shape index (κ1) is 16.3. The lowest BCUT2D eigenvalue weighted by Crippen LogP contribution is -2.26. The van der Waals surface area contributed by atoms with E-state index in [1.54, 1.807) is 6.07 Å². The van der Waals surface area contributed by atoms with Gasteiger partial charge in [0.2, 0.25) is 0 Å². The van der Waals surface area contributed by atoms with Crippen LogP contribution in [0.3, 0.4) is 0 Å². The maximum absolute atomic E-state index is 10.9. The van der Waals surface area contributed by atoms with Crippen LogP contribution < -0.4 is 10.1 Å². The second-order valence-corrected chi connectivity index (χ2v) is 5.99. The van der Waals surface area contributed by atoms with E-state index in [-0.39, 0.29) is 5.69 Å². The molecule has 1 saturated heterocycles. The molecule has 1 N–H and O–H groups in total. The third kappa shape index (κ3) is 3.83. The average Bonchev–Trinajstić information content (AvgIpc) is 3.03. The molecule has 0 radical (unpaired) electrons. The summed E-state index contributed by atoms with van der Waals surface area (Å²) < 4.78 is 5.29. The lowest BCUT2D eigenvalue weighted by Gasteiger charge is -2.18. The second kappa shape index (κ2) is 7.31. The highest BCUT2D eigenvalue weighted by Gasteiger charge is 2.23. The molecular formula is C18H21N3O3. The van der Waals surface area contributed by atoms with Crippen molar-refractivity contribution in [3.63, 3.8) is 0 Å². The number of nitro groups is 1. The molecular weight excluding hydrogens is 306 g/mol. The van der Waals surface area contributed by atoms with Crippen molar-refractivity contribution in [2.45, 2.75) is 19.0 Å². The normalized spacial score (nSPS) is 17.6. The number of nitrogens with one attached hydrogen (secondary N) is 1. The van der Waals surface area contributed by atoms with Gasteiger partial charge in [-0.25, -0.2) is 0 Å². The van der Waals surface area contributed by atoms with Crippen LogP contribution in [-0.2, 0) is 6.54 Å². The minimum Gasteiger partial charge on any atom is -0.494 e. The molecule has 2 aromatic rings. The van der Waals surface area contributed by atoms with Gasteiger partial charge in [-0.3, -0.25) is 15.0 Å². The van der Waals surface area contributed by atoms with Crippen LogP contribution in [-0.4, -0.2) is 36.1 Å². The molecule has 1 heterocycles. The Morgan fingerprint density at radius 2 is 2.08 bits per heavy atom. The van der Waals surface area contributed by atoms with Gasteiger partial charge in [0.25, 0.3) is 5.69 Å². The predicted molar refractivity (Wildman–Crippen MR) is 93.4 cm³/mol. The van der Waals surface area contributed by atoms with E-state index >= 15 is 0 Å². The van der Waals surface area contributed by atoms with Crippen molar-refractivity contribution in [3.8, 4) is 5.75 Å². The van der Waals surface area contributed by atoms with E-state index in [0.717, 1.165) is 31.7 Å². The van der Waals surface area contributed by atoms with Crippen LogP contribution in [0.25, 0.3) is 0 Å². The molecule has 2 aromatic carbocycles. The van der Waals surface area contributed by atoms with Crippen LogP contribution in [0.5, 0.6) is 5.75 Å². The van der Waals surface area contributed by atoms with Gasteiger partial charge in [-0.1, -0.05) is 30.3 Å². The number of likely N-dealkylation sites (tertiary alicyclic amines) is 1. The number of nitrogens with zero attached hydrogens (tertiary/aromatic N) is 2. The summed E-state index contributed by atoms with van der Waals surface area (Å²) in [6.07, 6.45) is 1.03. The number of non-ortho nitro benzene ring substituents is 1. The molecule has 1 aliphatic heterocycles. The van der Waals surface area contributed by atoms with Gasteiger partial charge < -0.3 is 10.1 Å². The number of rotatable bonds is 6. The molecule has 0 bridgehead atoms. The van der Waals surface area contributed by atoms with Crippen LogP contribution in [0.2, 0.25) is 0 Å². The quantitative estimate of drug-likeness (QED) is 0.651. The number of nitro benzene ring substituents is 1. The number of methoxy groups -OCH3 is 1. The fraction of sp³-hybridized carbons (Fsp3) is 0.333. The Labute approximate surface area is 141 Å². The molecule has 1 aliphatic rings. The van der Waals surface area contributed by atoms with E-state index in [9.17, 15) is 10.1 Å². The molecule has 1 atom stereocenters. The zero-order valence-electron chi connectivity index (χ0n) is 13.6. The highest BCUT2D eigenvalue weighted by Crippen LogP contribution is 2.30. The van der Waals surface area contributed by atoms with Crippen LogP contribution in [0.4, 0.5) is 11.4 Å². The molecule has 24 heavy (non-hydrogen) atoms. The van der Waals surface area contributed by atoms with Crippen LogP contribution in [0, 0.1) is 10.1 Å². The standard InChI is InChI=1S/C18H21N3O3/c1-24-18-11-16(21(22)23)7-8-17(18)19-15-9-10-20(13-15)12-14-5-3-2-4-6-14/h2-8,11,15,19H,9-10,12-13H2,1H3. The molecule has 3 rings (SSSR count). The monoisotopic (exact) mass is 327 g/mol. The van der Waals surface area contributed by atoms with Crippen LogP contribution in [0.1, 0.15) is 12.0 Å². The van der Waals surface area contributed by atoms with Crippen molar-refractivity contribution < 1.29 is 9.66 Å². The Morgan fingerprint density at radius 1 is 1.29 bits per heavy atom. The van der Waals surface area contributed by atoms with Gasteiger partial charge in [0.05, 0.1) is 23.8 Å². The van der Waals surface area contributed by atoms with Crippen molar-refractivity contribution in [3.05, 3.63) is 64.2 Å². The topological polar surface area (TPSA) is 67.6 Å². The van der Waals surface area contributed by atoms with Crippen molar-refractivity contribution in [1.82, 2.24) is 4.90 Å². The number of benzene rings is 2. The third-order valence-electron chi connectivity index (χ3n) is 4.28. The van der Waals surface area contributed by atoms with Gasteiger partial charge in [0.15, 0.2) is 0 Å². The van der Waals surface area contributed by atoms with E-state index in [1.807, 2.05) is 6.07 Å². The summed E-state index contributed by atoms with van der Waals surface area (Å²) >= 11 is 0. The SMILES string of the molecule is COc1cc([N+](=O)[O-])ccc1NC1CCN(Cc2ccccc2)C1. The van der Waals surface area contributed by atoms with Crippen molar-refractivity contribution >= 4 is 11.4 Å². The molecule has 0 spiro atoms. The third-order valence-corrected chi connectivity index (χ3v) is 4.28. The molecule has 126 valence electrons. The van der Waals surface area contributed by atoms with Crippen molar-refractivity contribution in [1.29, 1.82) is 0 Å². The van der Waals surface area contributed by atoms with E-state index in [0.29, 0.717) is 11.8 Å². The summed E-state index contributed by atoms with van der Waals surface area (Å²) in [4.78, 5) is 12.9. The van der Waals surface area contributed by atoms with Crippen molar-refractivity contribution in [2.75, 3.05) is 25.5 Å². The van der Waals surface area contributed by atoms with Gasteiger partial charge in [-0.05, 0) is 18.1 Å². The Morgan fingerprint density at radius 3 is 2.79 bits per heavy atom. The summed E-state index contributed by atoms with van der Waals surface area (Å²) in [5, 5.41) is 14.3. The summed E-state index contributed by atoms with van der Waals surface area (Å²) in [7, 11) is 1.53. The molecule has 0 aromatic heterocycles. The Bertz CT molecular complexity index is 706. The average molecular weight is 327 g/mol. The minimum atomic E-state index is -0.413. The zero-order valence-corrected chi connectivity index (χ0v) is 13.6. The van der Waals surface area contributed by atoms with E-state index in [4.69, 9.17) is 4.74 Å². The lowest BCUT2D eigenvalue weighted by molar-refractivity contribution is -0.384. The molecule has 1 unspecified atom stereocenters. The van der Waals surface area contributed by atoms with Crippen LogP contribution >= 0.6 is 0 Å². The summed E-state index contributed by atoms with van der Waals surface area (Å²) in [6.45, 7) is 2.91. The van der Waals surface area contributed by atoms with E-state index < -0.39 is 4.92 Å². The number of anilines is 1.